The number of benzene rings is 1. The highest BCUT2D eigenvalue weighted by Gasteiger charge is 2.15. The Hall–Kier alpha value is -3.01. The van der Waals surface area contributed by atoms with Crippen molar-refractivity contribution in [2.45, 2.75) is 20.4 Å². The van der Waals surface area contributed by atoms with Gasteiger partial charge < -0.3 is 10.2 Å². The lowest BCUT2D eigenvalue weighted by Crippen LogP contribution is -2.39. The molecule has 0 bridgehead atoms. The minimum Gasteiger partial charge on any atom is -0.350 e. The Kier molecular flexibility index (Phi) is 6.40. The summed E-state index contributed by atoms with van der Waals surface area (Å²) in [6.45, 7) is 5.13. The second-order valence-electron chi connectivity index (χ2n) is 6.03. The zero-order valence-corrected chi connectivity index (χ0v) is 14.2. The summed E-state index contributed by atoms with van der Waals surface area (Å²) in [7, 11) is 0. The van der Waals surface area contributed by atoms with Gasteiger partial charge in [-0.05, 0) is 29.7 Å². The number of aromatic nitrogens is 2. The van der Waals surface area contributed by atoms with Crippen LogP contribution in [-0.2, 0) is 11.3 Å². The molecule has 1 aromatic heterocycles. The van der Waals surface area contributed by atoms with E-state index in [0.717, 1.165) is 5.56 Å². The summed E-state index contributed by atoms with van der Waals surface area (Å²) in [6, 6.07) is 9.55. The van der Waals surface area contributed by atoms with Crippen molar-refractivity contribution in [2.24, 2.45) is 5.92 Å². The number of nitrogens with zero attached hydrogens (tertiary/aromatic N) is 4. The Labute approximate surface area is 146 Å². The highest BCUT2D eigenvalue weighted by atomic mass is 19.1. The van der Waals surface area contributed by atoms with Gasteiger partial charge in [0.2, 0.25) is 11.7 Å². The highest BCUT2D eigenvalue weighted by molar-refractivity contribution is 5.81. The summed E-state index contributed by atoms with van der Waals surface area (Å²) >= 11 is 0. The van der Waals surface area contributed by atoms with E-state index in [4.69, 9.17) is 5.26 Å². The molecule has 6 nitrogen and oxygen atoms in total. The summed E-state index contributed by atoms with van der Waals surface area (Å²) in [5.41, 5.74) is 0.818. The van der Waals surface area contributed by atoms with E-state index < -0.39 is 0 Å². The normalized spacial score (nSPS) is 10.4. The number of nitriles is 1. The van der Waals surface area contributed by atoms with E-state index in [9.17, 15) is 9.18 Å². The molecule has 1 heterocycles. The number of hydrogen-bond donors (Lipinski definition) is 1. The predicted octanol–water partition coefficient (Wildman–Crippen LogP) is 2.27. The van der Waals surface area contributed by atoms with Gasteiger partial charge in [0.1, 0.15) is 17.7 Å². The molecule has 25 heavy (non-hydrogen) atoms. The molecular weight excluding hydrogens is 321 g/mol. The van der Waals surface area contributed by atoms with Crippen molar-refractivity contribution in [1.29, 1.82) is 5.26 Å². The third kappa shape index (κ3) is 5.84. The van der Waals surface area contributed by atoms with Crippen LogP contribution < -0.4 is 10.2 Å². The van der Waals surface area contributed by atoms with E-state index in [1.54, 1.807) is 18.2 Å². The van der Waals surface area contributed by atoms with Crippen molar-refractivity contribution >= 4 is 11.7 Å². The molecule has 2 aromatic rings. The molecule has 0 fully saturated rings. The van der Waals surface area contributed by atoms with E-state index in [0.29, 0.717) is 24.8 Å². The molecule has 1 aromatic carbocycles. The number of rotatable bonds is 7. The van der Waals surface area contributed by atoms with Gasteiger partial charge in [-0.3, -0.25) is 4.79 Å². The van der Waals surface area contributed by atoms with Gasteiger partial charge in [0.25, 0.3) is 0 Å². The Morgan fingerprint density at radius 2 is 2.04 bits per heavy atom. The third-order valence-electron chi connectivity index (χ3n) is 3.39. The lowest BCUT2D eigenvalue weighted by molar-refractivity contribution is -0.119. The summed E-state index contributed by atoms with van der Waals surface area (Å²) in [4.78, 5) is 22.1. The second kappa shape index (κ2) is 8.73. The van der Waals surface area contributed by atoms with Gasteiger partial charge in [-0.25, -0.2) is 14.4 Å². The van der Waals surface area contributed by atoms with Gasteiger partial charge in [0.05, 0.1) is 6.54 Å². The molecule has 0 saturated carbocycles. The molecule has 1 amide bonds. The monoisotopic (exact) mass is 341 g/mol. The fourth-order valence-electron chi connectivity index (χ4n) is 2.29. The van der Waals surface area contributed by atoms with E-state index >= 15 is 0 Å². The van der Waals surface area contributed by atoms with Crippen molar-refractivity contribution in [1.82, 2.24) is 15.3 Å². The molecule has 0 radical (unpaired) electrons. The van der Waals surface area contributed by atoms with Gasteiger partial charge in [0, 0.05) is 19.3 Å². The topological polar surface area (TPSA) is 81.9 Å². The first-order valence-electron chi connectivity index (χ1n) is 7.97. The molecular formula is C18H20FN5O. The second-order valence-corrected chi connectivity index (χ2v) is 6.03. The van der Waals surface area contributed by atoms with Crippen LogP contribution in [0, 0.1) is 23.1 Å². The Bertz CT molecular complexity index is 755. The SMILES string of the molecule is CC(C)CN(CC(=O)NCc1ccc(F)cc1)c1ccnc(C#N)n1. The lowest BCUT2D eigenvalue weighted by atomic mass is 10.2. The van der Waals surface area contributed by atoms with Crippen LogP contribution in [0.2, 0.25) is 0 Å². The minimum atomic E-state index is -0.310. The third-order valence-corrected chi connectivity index (χ3v) is 3.39. The minimum absolute atomic E-state index is 0.0676. The summed E-state index contributed by atoms with van der Waals surface area (Å²) in [6.07, 6.45) is 1.50. The van der Waals surface area contributed by atoms with E-state index in [1.807, 2.05) is 24.8 Å². The molecule has 0 aliphatic heterocycles. The van der Waals surface area contributed by atoms with Gasteiger partial charge in [-0.2, -0.15) is 5.26 Å². The quantitative estimate of drug-likeness (QED) is 0.835. The summed E-state index contributed by atoms with van der Waals surface area (Å²) in [5.74, 6) is 0.429. The fourth-order valence-corrected chi connectivity index (χ4v) is 2.29. The standard InChI is InChI=1S/C18H20FN5O/c1-13(2)11-24(17-7-8-21-16(9-20)23-17)12-18(25)22-10-14-3-5-15(19)6-4-14/h3-8,13H,10-12H2,1-2H3,(H,22,25). The predicted molar refractivity (Wildman–Crippen MR) is 92.0 cm³/mol. The average Bonchev–Trinajstić information content (AvgIpc) is 2.60. The van der Waals surface area contributed by atoms with E-state index in [2.05, 4.69) is 15.3 Å². The first-order valence-corrected chi connectivity index (χ1v) is 7.97. The molecule has 0 atom stereocenters. The van der Waals surface area contributed by atoms with Crippen molar-refractivity contribution in [3.63, 3.8) is 0 Å². The molecule has 0 unspecified atom stereocenters. The van der Waals surface area contributed by atoms with Gasteiger partial charge in [-0.1, -0.05) is 26.0 Å². The van der Waals surface area contributed by atoms with E-state index in [-0.39, 0.29) is 24.1 Å². The fraction of sp³-hybridized carbons (Fsp3) is 0.333. The number of amides is 1. The Morgan fingerprint density at radius 1 is 1.32 bits per heavy atom. The number of hydrogen-bond acceptors (Lipinski definition) is 5. The zero-order valence-electron chi connectivity index (χ0n) is 14.2. The van der Waals surface area contributed by atoms with Crippen LogP contribution in [0.25, 0.3) is 0 Å². The molecule has 7 heteroatoms. The van der Waals surface area contributed by atoms with Crippen molar-refractivity contribution in [2.75, 3.05) is 18.0 Å². The van der Waals surface area contributed by atoms with Gasteiger partial charge in [-0.15, -0.1) is 0 Å². The van der Waals surface area contributed by atoms with E-state index in [1.165, 1.54) is 18.3 Å². The van der Waals surface area contributed by atoms with Gasteiger partial charge >= 0.3 is 0 Å². The maximum absolute atomic E-state index is 12.9. The van der Waals surface area contributed by atoms with Crippen molar-refractivity contribution in [3.8, 4) is 6.07 Å². The Balaban J connectivity index is 2.01. The average molecular weight is 341 g/mol. The number of halogens is 1. The Morgan fingerprint density at radius 3 is 2.68 bits per heavy atom. The summed E-state index contributed by atoms with van der Waals surface area (Å²) in [5, 5.41) is 11.7. The highest BCUT2D eigenvalue weighted by Crippen LogP contribution is 2.12. The molecule has 0 aliphatic rings. The molecule has 1 N–H and O–H groups in total. The van der Waals surface area contributed by atoms with Gasteiger partial charge in [0.15, 0.2) is 0 Å². The number of carbonyl (C=O) groups excluding carboxylic acids is 1. The summed E-state index contributed by atoms with van der Waals surface area (Å²) < 4.78 is 12.9. The molecule has 0 spiro atoms. The maximum Gasteiger partial charge on any atom is 0.239 e. The van der Waals surface area contributed by atoms with Crippen molar-refractivity contribution < 1.29 is 9.18 Å². The number of carbonyl (C=O) groups is 1. The zero-order chi connectivity index (χ0) is 18.2. The van der Waals surface area contributed by atoms with Crippen LogP contribution in [0.1, 0.15) is 25.2 Å². The van der Waals surface area contributed by atoms with Crippen LogP contribution in [-0.4, -0.2) is 29.0 Å². The lowest BCUT2D eigenvalue weighted by Gasteiger charge is -2.25. The smallest absolute Gasteiger partial charge is 0.239 e. The largest absolute Gasteiger partial charge is 0.350 e. The first kappa shape index (κ1) is 18.3. The molecule has 0 saturated heterocycles. The van der Waals surface area contributed by atoms with Crippen LogP contribution in [0.5, 0.6) is 0 Å². The van der Waals surface area contributed by atoms with Crippen LogP contribution in [0.4, 0.5) is 10.2 Å². The van der Waals surface area contributed by atoms with Crippen LogP contribution in [0.3, 0.4) is 0 Å². The first-order chi connectivity index (χ1) is 12.0. The number of nitrogens with one attached hydrogen (secondary N) is 1. The van der Waals surface area contributed by atoms with Crippen molar-refractivity contribution in [3.05, 3.63) is 53.7 Å². The molecule has 0 aliphatic carbocycles. The number of anilines is 1. The molecule has 2 rings (SSSR count). The van der Waals surface area contributed by atoms with Crippen LogP contribution in [0.15, 0.2) is 36.5 Å². The van der Waals surface area contributed by atoms with Crippen LogP contribution >= 0.6 is 0 Å². The maximum atomic E-state index is 12.9. The molecule has 130 valence electrons.